The Labute approximate surface area is 130 Å². The van der Waals surface area contributed by atoms with E-state index in [-0.39, 0.29) is 22.8 Å². The SMILES string of the molecule is CCC(=O)C(=O)c1cccc(S(N)(=O)=O)c1C1CCNCC1. The van der Waals surface area contributed by atoms with Gasteiger partial charge < -0.3 is 5.32 Å². The highest BCUT2D eigenvalue weighted by Gasteiger charge is 2.29. The van der Waals surface area contributed by atoms with Crippen LogP contribution in [0.5, 0.6) is 0 Å². The van der Waals surface area contributed by atoms with Crippen molar-refractivity contribution in [3.05, 3.63) is 29.3 Å². The molecule has 1 fully saturated rings. The van der Waals surface area contributed by atoms with Gasteiger partial charge in [0, 0.05) is 12.0 Å². The molecule has 22 heavy (non-hydrogen) atoms. The lowest BCUT2D eigenvalue weighted by molar-refractivity contribution is -0.114. The Balaban J connectivity index is 2.62. The third-order valence-electron chi connectivity index (χ3n) is 3.94. The average Bonchev–Trinajstić information content (AvgIpc) is 2.52. The van der Waals surface area contributed by atoms with Crippen LogP contribution in [0.3, 0.4) is 0 Å². The Morgan fingerprint density at radius 2 is 1.91 bits per heavy atom. The molecule has 0 aliphatic carbocycles. The van der Waals surface area contributed by atoms with Crippen LogP contribution in [0.4, 0.5) is 0 Å². The first-order valence-electron chi connectivity index (χ1n) is 7.30. The lowest BCUT2D eigenvalue weighted by Gasteiger charge is -2.26. The summed E-state index contributed by atoms with van der Waals surface area (Å²) in [7, 11) is -3.96. The zero-order chi connectivity index (χ0) is 16.3. The molecule has 0 atom stereocenters. The lowest BCUT2D eigenvalue weighted by Crippen LogP contribution is -2.29. The molecule has 3 N–H and O–H groups in total. The molecule has 1 aromatic carbocycles. The maximum atomic E-state index is 12.3. The molecule has 1 aliphatic rings. The fourth-order valence-corrected chi connectivity index (χ4v) is 3.68. The maximum absolute atomic E-state index is 12.3. The topological polar surface area (TPSA) is 106 Å². The molecule has 0 spiro atoms. The van der Waals surface area contributed by atoms with Crippen molar-refractivity contribution in [3.8, 4) is 0 Å². The van der Waals surface area contributed by atoms with E-state index in [0.717, 1.165) is 13.1 Å². The third kappa shape index (κ3) is 3.43. The van der Waals surface area contributed by atoms with Crippen LogP contribution in [0.15, 0.2) is 23.1 Å². The molecule has 0 bridgehead atoms. The number of Topliss-reactive ketones (excluding diaryl/α,β-unsaturated/α-hetero) is 2. The van der Waals surface area contributed by atoms with Gasteiger partial charge in [-0.1, -0.05) is 19.1 Å². The third-order valence-corrected chi connectivity index (χ3v) is 4.91. The number of hydrogen-bond donors (Lipinski definition) is 2. The van der Waals surface area contributed by atoms with Crippen LogP contribution in [0.25, 0.3) is 0 Å². The number of carbonyl (C=O) groups is 2. The zero-order valence-electron chi connectivity index (χ0n) is 12.5. The Kier molecular flexibility index (Phi) is 5.10. The van der Waals surface area contributed by atoms with Crippen LogP contribution in [-0.2, 0) is 14.8 Å². The largest absolute Gasteiger partial charge is 0.317 e. The summed E-state index contributed by atoms with van der Waals surface area (Å²) < 4.78 is 23.8. The molecular formula is C15H20N2O4S. The summed E-state index contributed by atoms with van der Waals surface area (Å²) in [6.45, 7) is 3.08. The van der Waals surface area contributed by atoms with Gasteiger partial charge in [-0.25, -0.2) is 13.6 Å². The van der Waals surface area contributed by atoms with E-state index in [1.165, 1.54) is 18.2 Å². The van der Waals surface area contributed by atoms with E-state index in [2.05, 4.69) is 5.32 Å². The summed E-state index contributed by atoms with van der Waals surface area (Å²) in [4.78, 5) is 24.0. The molecule has 0 amide bonds. The number of sulfonamides is 1. The molecule has 7 heteroatoms. The molecule has 1 saturated heterocycles. The van der Waals surface area contributed by atoms with Crippen LogP contribution in [0.2, 0.25) is 0 Å². The summed E-state index contributed by atoms with van der Waals surface area (Å²) in [5.74, 6) is -1.26. The maximum Gasteiger partial charge on any atom is 0.238 e. The molecule has 0 radical (unpaired) electrons. The Bertz CT molecular complexity index is 691. The summed E-state index contributed by atoms with van der Waals surface area (Å²) in [6.07, 6.45) is 1.49. The van der Waals surface area contributed by atoms with Gasteiger partial charge in [0.25, 0.3) is 0 Å². The summed E-state index contributed by atoms with van der Waals surface area (Å²) in [6, 6.07) is 4.38. The minimum Gasteiger partial charge on any atom is -0.317 e. The van der Waals surface area contributed by atoms with Gasteiger partial charge in [0.05, 0.1) is 4.90 Å². The lowest BCUT2D eigenvalue weighted by atomic mass is 9.85. The number of ketones is 2. The molecule has 2 rings (SSSR count). The number of carbonyl (C=O) groups excluding carboxylic acids is 2. The van der Waals surface area contributed by atoms with E-state index < -0.39 is 21.6 Å². The Morgan fingerprint density at radius 1 is 1.27 bits per heavy atom. The van der Waals surface area contributed by atoms with Crippen LogP contribution in [-0.4, -0.2) is 33.1 Å². The molecule has 120 valence electrons. The van der Waals surface area contributed by atoms with Gasteiger partial charge in [0.2, 0.25) is 21.6 Å². The number of rotatable bonds is 5. The molecule has 1 aliphatic heterocycles. The van der Waals surface area contributed by atoms with Crippen molar-refractivity contribution in [1.29, 1.82) is 0 Å². The second kappa shape index (κ2) is 6.68. The molecular weight excluding hydrogens is 304 g/mol. The standard InChI is InChI=1S/C15H20N2O4S/c1-2-12(18)15(19)11-4-3-5-13(22(16,20)21)14(11)10-6-8-17-9-7-10/h3-5,10,17H,2,6-9H2,1H3,(H2,16,20,21). The number of benzene rings is 1. The highest BCUT2D eigenvalue weighted by atomic mass is 32.2. The fraction of sp³-hybridized carbons (Fsp3) is 0.467. The van der Waals surface area contributed by atoms with Gasteiger partial charge in [-0.15, -0.1) is 0 Å². The van der Waals surface area contributed by atoms with Crippen LogP contribution >= 0.6 is 0 Å². The smallest absolute Gasteiger partial charge is 0.238 e. The highest BCUT2D eigenvalue weighted by molar-refractivity contribution is 7.89. The van der Waals surface area contributed by atoms with Gasteiger partial charge in [-0.2, -0.15) is 0 Å². The fourth-order valence-electron chi connectivity index (χ4n) is 2.83. The highest BCUT2D eigenvalue weighted by Crippen LogP contribution is 2.33. The second-order valence-electron chi connectivity index (χ2n) is 5.39. The van der Waals surface area contributed by atoms with Gasteiger partial charge in [-0.05, 0) is 43.5 Å². The van der Waals surface area contributed by atoms with E-state index >= 15 is 0 Å². The average molecular weight is 324 g/mol. The number of nitrogens with one attached hydrogen (secondary N) is 1. The van der Waals surface area contributed by atoms with E-state index in [9.17, 15) is 18.0 Å². The molecule has 0 unspecified atom stereocenters. The normalized spacial score (nSPS) is 16.5. The molecule has 0 saturated carbocycles. The van der Waals surface area contributed by atoms with Gasteiger partial charge >= 0.3 is 0 Å². The number of piperidine rings is 1. The van der Waals surface area contributed by atoms with Crippen LogP contribution < -0.4 is 10.5 Å². The minimum absolute atomic E-state index is 0.0471. The van der Waals surface area contributed by atoms with Crippen molar-refractivity contribution in [1.82, 2.24) is 5.32 Å². The van der Waals surface area contributed by atoms with Gasteiger partial charge in [0.15, 0.2) is 0 Å². The predicted molar refractivity (Wildman–Crippen MR) is 82.3 cm³/mol. The summed E-state index contributed by atoms with van der Waals surface area (Å²) >= 11 is 0. The second-order valence-corrected chi connectivity index (χ2v) is 6.92. The number of nitrogens with two attached hydrogens (primary N) is 1. The molecule has 6 nitrogen and oxygen atoms in total. The van der Waals surface area contributed by atoms with Crippen LogP contribution in [0.1, 0.15) is 48.0 Å². The molecule has 1 heterocycles. The first-order valence-corrected chi connectivity index (χ1v) is 8.84. The van der Waals surface area contributed by atoms with E-state index in [1.807, 2.05) is 0 Å². The van der Waals surface area contributed by atoms with Crippen molar-refractivity contribution >= 4 is 21.6 Å². The van der Waals surface area contributed by atoms with Crippen molar-refractivity contribution in [2.24, 2.45) is 5.14 Å². The van der Waals surface area contributed by atoms with Crippen molar-refractivity contribution in [2.45, 2.75) is 37.0 Å². The van der Waals surface area contributed by atoms with Crippen molar-refractivity contribution in [2.75, 3.05) is 13.1 Å². The zero-order valence-corrected chi connectivity index (χ0v) is 13.3. The van der Waals surface area contributed by atoms with E-state index in [1.54, 1.807) is 6.92 Å². The van der Waals surface area contributed by atoms with Crippen molar-refractivity contribution < 1.29 is 18.0 Å². The number of hydrogen-bond acceptors (Lipinski definition) is 5. The first kappa shape index (κ1) is 16.8. The summed E-state index contributed by atoms with van der Waals surface area (Å²) in [5.41, 5.74) is 0.573. The monoisotopic (exact) mass is 324 g/mol. The van der Waals surface area contributed by atoms with Gasteiger partial charge in [-0.3, -0.25) is 9.59 Å². The quantitative estimate of drug-likeness (QED) is 0.620. The van der Waals surface area contributed by atoms with E-state index in [0.29, 0.717) is 18.4 Å². The van der Waals surface area contributed by atoms with E-state index in [4.69, 9.17) is 5.14 Å². The summed E-state index contributed by atoms with van der Waals surface area (Å²) in [5, 5.41) is 8.50. The van der Waals surface area contributed by atoms with Gasteiger partial charge in [0.1, 0.15) is 0 Å². The van der Waals surface area contributed by atoms with Crippen molar-refractivity contribution in [3.63, 3.8) is 0 Å². The minimum atomic E-state index is -3.96. The first-order chi connectivity index (χ1) is 10.4. The molecule has 0 aromatic heterocycles. The number of primary sulfonamides is 1. The predicted octanol–water partition coefficient (Wildman–Crippen LogP) is 0.963. The Hall–Kier alpha value is -1.57. The molecule has 1 aromatic rings. The Morgan fingerprint density at radius 3 is 2.45 bits per heavy atom. The van der Waals surface area contributed by atoms with Crippen LogP contribution in [0, 0.1) is 0 Å².